The van der Waals surface area contributed by atoms with E-state index >= 15 is 0 Å². The second-order valence-electron chi connectivity index (χ2n) is 5.15. The van der Waals surface area contributed by atoms with Crippen LogP contribution in [-0.4, -0.2) is 30.7 Å². The summed E-state index contributed by atoms with van der Waals surface area (Å²) in [7, 11) is 0. The average molecular weight is 263 g/mol. The Morgan fingerprint density at radius 2 is 2.11 bits per heavy atom. The Labute approximate surface area is 114 Å². The summed E-state index contributed by atoms with van der Waals surface area (Å²) in [5.74, 6) is 1.42. The maximum absolute atomic E-state index is 8.93. The summed E-state index contributed by atoms with van der Waals surface area (Å²) in [4.78, 5) is 0. The van der Waals surface area contributed by atoms with Crippen molar-refractivity contribution in [2.45, 2.75) is 26.7 Å². The van der Waals surface area contributed by atoms with Gasteiger partial charge >= 0.3 is 0 Å². The first-order valence-electron chi connectivity index (χ1n) is 6.76. The predicted octanol–water partition coefficient (Wildman–Crippen LogP) is 2.86. The third-order valence-corrected chi connectivity index (χ3v) is 3.11. The Bertz CT molecular complexity index is 455. The zero-order valence-corrected chi connectivity index (χ0v) is 11.6. The first-order valence-corrected chi connectivity index (χ1v) is 6.76. The largest absolute Gasteiger partial charge is 0.491 e. The number of ether oxygens (including phenoxy) is 2. The van der Waals surface area contributed by atoms with Gasteiger partial charge in [0.2, 0.25) is 0 Å². The summed E-state index contributed by atoms with van der Waals surface area (Å²) in [5, 5.41) is 12.3. The molecule has 1 aliphatic carbocycles. The first-order chi connectivity index (χ1) is 9.22. The molecule has 0 saturated carbocycles. The third kappa shape index (κ3) is 3.47. The molecule has 2 rings (SSSR count). The molecule has 4 heteroatoms. The SMILES string of the molecule is CC(C)COCCOc1cccc2c1CC/C2=N\O. The normalized spacial score (nSPS) is 16.1. The minimum atomic E-state index is 0.546. The van der Waals surface area contributed by atoms with Gasteiger partial charge in [0, 0.05) is 17.7 Å². The van der Waals surface area contributed by atoms with Crippen molar-refractivity contribution in [2.24, 2.45) is 11.1 Å². The molecule has 0 heterocycles. The van der Waals surface area contributed by atoms with Crippen molar-refractivity contribution < 1.29 is 14.7 Å². The first kappa shape index (κ1) is 13.9. The fraction of sp³-hybridized carbons (Fsp3) is 0.533. The van der Waals surface area contributed by atoms with Crippen molar-refractivity contribution in [3.05, 3.63) is 29.3 Å². The summed E-state index contributed by atoms with van der Waals surface area (Å²) in [6, 6.07) is 5.86. The van der Waals surface area contributed by atoms with Gasteiger partial charge in [0.05, 0.1) is 12.3 Å². The van der Waals surface area contributed by atoms with E-state index in [1.807, 2.05) is 18.2 Å². The van der Waals surface area contributed by atoms with E-state index in [9.17, 15) is 0 Å². The molecule has 0 atom stereocenters. The van der Waals surface area contributed by atoms with Crippen LogP contribution in [0.25, 0.3) is 0 Å². The lowest BCUT2D eigenvalue weighted by Crippen LogP contribution is -2.11. The molecule has 0 aromatic heterocycles. The van der Waals surface area contributed by atoms with Crippen LogP contribution < -0.4 is 4.74 Å². The van der Waals surface area contributed by atoms with E-state index in [-0.39, 0.29) is 0 Å². The highest BCUT2D eigenvalue weighted by Gasteiger charge is 2.21. The Morgan fingerprint density at radius 3 is 2.84 bits per heavy atom. The zero-order chi connectivity index (χ0) is 13.7. The summed E-state index contributed by atoms with van der Waals surface area (Å²) in [6.45, 7) is 6.16. The number of benzene rings is 1. The Morgan fingerprint density at radius 1 is 1.26 bits per heavy atom. The second-order valence-corrected chi connectivity index (χ2v) is 5.15. The molecule has 0 bridgehead atoms. The van der Waals surface area contributed by atoms with Crippen LogP contribution in [0.15, 0.2) is 23.4 Å². The lowest BCUT2D eigenvalue weighted by atomic mass is 10.1. The zero-order valence-electron chi connectivity index (χ0n) is 11.6. The molecule has 0 aliphatic heterocycles. The Kier molecular flexibility index (Phi) is 4.80. The van der Waals surface area contributed by atoms with Crippen LogP contribution in [0.1, 0.15) is 31.4 Å². The van der Waals surface area contributed by atoms with Gasteiger partial charge in [-0.2, -0.15) is 0 Å². The molecule has 1 N–H and O–H groups in total. The van der Waals surface area contributed by atoms with E-state index in [0.717, 1.165) is 42.0 Å². The van der Waals surface area contributed by atoms with Crippen molar-refractivity contribution in [2.75, 3.05) is 19.8 Å². The van der Waals surface area contributed by atoms with Gasteiger partial charge < -0.3 is 14.7 Å². The molecule has 19 heavy (non-hydrogen) atoms. The summed E-state index contributed by atoms with van der Waals surface area (Å²) in [5.41, 5.74) is 2.89. The molecule has 0 radical (unpaired) electrons. The molecule has 1 aromatic carbocycles. The fourth-order valence-corrected chi connectivity index (χ4v) is 2.24. The number of oxime groups is 1. The van der Waals surface area contributed by atoms with E-state index in [1.54, 1.807) is 0 Å². The van der Waals surface area contributed by atoms with Gasteiger partial charge in [0.25, 0.3) is 0 Å². The molecule has 0 fully saturated rings. The molecule has 0 amide bonds. The van der Waals surface area contributed by atoms with Gasteiger partial charge in [-0.05, 0) is 24.8 Å². The predicted molar refractivity (Wildman–Crippen MR) is 74.2 cm³/mol. The van der Waals surface area contributed by atoms with E-state index in [0.29, 0.717) is 19.1 Å². The lowest BCUT2D eigenvalue weighted by molar-refractivity contribution is 0.0816. The maximum Gasteiger partial charge on any atom is 0.123 e. The molecular weight excluding hydrogens is 242 g/mol. The van der Waals surface area contributed by atoms with Crippen molar-refractivity contribution in [1.82, 2.24) is 0 Å². The van der Waals surface area contributed by atoms with Gasteiger partial charge in [0.1, 0.15) is 12.4 Å². The molecule has 0 unspecified atom stereocenters. The van der Waals surface area contributed by atoms with Gasteiger partial charge in [-0.3, -0.25) is 0 Å². The molecule has 1 aliphatic rings. The smallest absolute Gasteiger partial charge is 0.123 e. The van der Waals surface area contributed by atoms with Crippen molar-refractivity contribution in [3.8, 4) is 5.75 Å². The van der Waals surface area contributed by atoms with Gasteiger partial charge in [0.15, 0.2) is 0 Å². The highest BCUT2D eigenvalue weighted by atomic mass is 16.5. The minimum Gasteiger partial charge on any atom is -0.491 e. The number of hydrogen-bond donors (Lipinski definition) is 1. The van der Waals surface area contributed by atoms with Crippen LogP contribution in [0.2, 0.25) is 0 Å². The minimum absolute atomic E-state index is 0.546. The van der Waals surface area contributed by atoms with Crippen LogP contribution in [-0.2, 0) is 11.2 Å². The standard InChI is InChI=1S/C15H21NO3/c1-11(2)10-18-8-9-19-15-5-3-4-12-13(15)6-7-14(12)16-17/h3-5,11,17H,6-10H2,1-2H3/b16-14+. The molecule has 0 saturated heterocycles. The van der Waals surface area contributed by atoms with Crippen LogP contribution in [0.3, 0.4) is 0 Å². The number of rotatable bonds is 6. The highest BCUT2D eigenvalue weighted by molar-refractivity contribution is 6.04. The van der Waals surface area contributed by atoms with Crippen LogP contribution in [0.4, 0.5) is 0 Å². The van der Waals surface area contributed by atoms with Crippen molar-refractivity contribution in [1.29, 1.82) is 0 Å². The topological polar surface area (TPSA) is 51.0 Å². The summed E-state index contributed by atoms with van der Waals surface area (Å²) < 4.78 is 11.3. The van der Waals surface area contributed by atoms with Crippen molar-refractivity contribution >= 4 is 5.71 Å². The summed E-state index contributed by atoms with van der Waals surface area (Å²) >= 11 is 0. The van der Waals surface area contributed by atoms with E-state index < -0.39 is 0 Å². The molecule has 0 spiro atoms. The van der Waals surface area contributed by atoms with Gasteiger partial charge in [-0.25, -0.2) is 0 Å². The lowest BCUT2D eigenvalue weighted by Gasteiger charge is -2.11. The average Bonchev–Trinajstić information content (AvgIpc) is 2.81. The Balaban J connectivity index is 1.90. The number of hydrogen-bond acceptors (Lipinski definition) is 4. The number of nitrogens with zero attached hydrogens (tertiary/aromatic N) is 1. The number of fused-ring (bicyclic) bond motifs is 1. The molecular formula is C15H21NO3. The van der Waals surface area contributed by atoms with E-state index in [1.165, 1.54) is 0 Å². The maximum atomic E-state index is 8.93. The molecule has 104 valence electrons. The monoisotopic (exact) mass is 263 g/mol. The van der Waals surface area contributed by atoms with Crippen LogP contribution in [0.5, 0.6) is 5.75 Å². The fourth-order valence-electron chi connectivity index (χ4n) is 2.24. The van der Waals surface area contributed by atoms with E-state index in [2.05, 4.69) is 19.0 Å². The molecule has 4 nitrogen and oxygen atoms in total. The second kappa shape index (κ2) is 6.57. The van der Waals surface area contributed by atoms with Crippen LogP contribution >= 0.6 is 0 Å². The molecule has 1 aromatic rings. The van der Waals surface area contributed by atoms with Gasteiger partial charge in [-0.1, -0.05) is 31.1 Å². The Hall–Kier alpha value is -1.55. The summed E-state index contributed by atoms with van der Waals surface area (Å²) in [6.07, 6.45) is 1.65. The van der Waals surface area contributed by atoms with Crippen LogP contribution in [0, 0.1) is 5.92 Å². The van der Waals surface area contributed by atoms with Gasteiger partial charge in [-0.15, -0.1) is 0 Å². The van der Waals surface area contributed by atoms with Crippen molar-refractivity contribution in [3.63, 3.8) is 0 Å². The third-order valence-electron chi connectivity index (χ3n) is 3.11. The highest BCUT2D eigenvalue weighted by Crippen LogP contribution is 2.30. The quantitative estimate of drug-likeness (QED) is 0.488. The van der Waals surface area contributed by atoms with E-state index in [4.69, 9.17) is 14.7 Å².